The molecule has 0 aliphatic rings. The Labute approximate surface area is 160 Å². The molecule has 0 aliphatic carbocycles. The van der Waals surface area contributed by atoms with Crippen LogP contribution in [0, 0.1) is 5.92 Å². The summed E-state index contributed by atoms with van der Waals surface area (Å²) in [6.45, 7) is 14.8. The molecular weight excluding hydrogens is 316 g/mol. The molecule has 0 bridgehead atoms. The SMILES string of the molecule is CCCCN(Cc1cccnc1)CC(C)Cc1ccc(C(C)(C)C)cc1. The molecule has 142 valence electrons. The van der Waals surface area contributed by atoms with Gasteiger partial charge >= 0.3 is 0 Å². The molecule has 0 N–H and O–H groups in total. The van der Waals surface area contributed by atoms with Gasteiger partial charge < -0.3 is 0 Å². The Balaban J connectivity index is 1.94. The molecule has 0 radical (unpaired) electrons. The molecule has 0 spiro atoms. The number of hydrogen-bond donors (Lipinski definition) is 0. The number of unbranched alkanes of at least 4 members (excludes halogenated alkanes) is 1. The summed E-state index contributed by atoms with van der Waals surface area (Å²) in [5.74, 6) is 0.643. The van der Waals surface area contributed by atoms with Crippen LogP contribution in [-0.4, -0.2) is 23.0 Å². The van der Waals surface area contributed by atoms with E-state index in [1.807, 2.05) is 18.5 Å². The van der Waals surface area contributed by atoms with Crippen LogP contribution in [0.5, 0.6) is 0 Å². The summed E-state index contributed by atoms with van der Waals surface area (Å²) in [6.07, 6.45) is 7.48. The quantitative estimate of drug-likeness (QED) is 0.562. The van der Waals surface area contributed by atoms with E-state index in [1.54, 1.807) is 0 Å². The Kier molecular flexibility index (Phi) is 7.84. The topological polar surface area (TPSA) is 16.1 Å². The zero-order valence-electron chi connectivity index (χ0n) is 17.3. The second-order valence-electron chi connectivity index (χ2n) is 8.71. The maximum absolute atomic E-state index is 4.27. The molecule has 1 atom stereocenters. The second kappa shape index (κ2) is 9.87. The maximum atomic E-state index is 4.27. The summed E-state index contributed by atoms with van der Waals surface area (Å²) in [7, 11) is 0. The van der Waals surface area contributed by atoms with Crippen molar-refractivity contribution in [2.45, 2.75) is 65.8 Å². The predicted octanol–water partition coefficient (Wildman–Crippen LogP) is 5.86. The van der Waals surface area contributed by atoms with Gasteiger partial charge in [0.05, 0.1) is 0 Å². The molecule has 1 aromatic carbocycles. The highest BCUT2D eigenvalue weighted by atomic mass is 15.1. The highest BCUT2D eigenvalue weighted by molar-refractivity contribution is 5.27. The van der Waals surface area contributed by atoms with Crippen molar-refractivity contribution >= 4 is 0 Å². The van der Waals surface area contributed by atoms with Gasteiger partial charge in [-0.25, -0.2) is 0 Å². The van der Waals surface area contributed by atoms with Crippen molar-refractivity contribution in [2.75, 3.05) is 13.1 Å². The van der Waals surface area contributed by atoms with Crippen LogP contribution >= 0.6 is 0 Å². The largest absolute Gasteiger partial charge is 0.299 e. The summed E-state index contributed by atoms with van der Waals surface area (Å²) >= 11 is 0. The van der Waals surface area contributed by atoms with Crippen LogP contribution in [-0.2, 0) is 18.4 Å². The fourth-order valence-electron chi connectivity index (χ4n) is 3.41. The first-order valence-corrected chi connectivity index (χ1v) is 10.1. The normalized spacial score (nSPS) is 13.2. The van der Waals surface area contributed by atoms with Crippen LogP contribution < -0.4 is 0 Å². The van der Waals surface area contributed by atoms with Gasteiger partial charge in [0.25, 0.3) is 0 Å². The van der Waals surface area contributed by atoms with Crippen LogP contribution in [0.25, 0.3) is 0 Å². The lowest BCUT2D eigenvalue weighted by molar-refractivity contribution is 0.225. The number of benzene rings is 1. The van der Waals surface area contributed by atoms with Crippen LogP contribution in [0.4, 0.5) is 0 Å². The molecule has 0 saturated carbocycles. The van der Waals surface area contributed by atoms with Crippen LogP contribution in [0.2, 0.25) is 0 Å². The van der Waals surface area contributed by atoms with Gasteiger partial charge in [0, 0.05) is 25.5 Å². The van der Waals surface area contributed by atoms with Crippen molar-refractivity contribution in [1.82, 2.24) is 9.88 Å². The molecule has 0 aliphatic heterocycles. The maximum Gasteiger partial charge on any atom is 0.0312 e. The lowest BCUT2D eigenvalue weighted by atomic mass is 9.86. The van der Waals surface area contributed by atoms with Crippen molar-refractivity contribution in [2.24, 2.45) is 5.92 Å². The van der Waals surface area contributed by atoms with Gasteiger partial charge in [-0.15, -0.1) is 0 Å². The zero-order chi connectivity index (χ0) is 19.0. The minimum Gasteiger partial charge on any atom is -0.299 e. The Bertz CT molecular complexity index is 626. The predicted molar refractivity (Wildman–Crippen MR) is 112 cm³/mol. The second-order valence-corrected chi connectivity index (χ2v) is 8.71. The molecule has 1 unspecified atom stereocenters. The van der Waals surface area contributed by atoms with Crippen molar-refractivity contribution in [1.29, 1.82) is 0 Å². The van der Waals surface area contributed by atoms with E-state index in [-0.39, 0.29) is 5.41 Å². The summed E-state index contributed by atoms with van der Waals surface area (Å²) in [5.41, 5.74) is 4.40. The van der Waals surface area contributed by atoms with E-state index in [0.29, 0.717) is 5.92 Å². The van der Waals surface area contributed by atoms with E-state index < -0.39 is 0 Å². The van der Waals surface area contributed by atoms with E-state index in [2.05, 4.69) is 74.8 Å². The lowest BCUT2D eigenvalue weighted by Crippen LogP contribution is -2.30. The molecule has 1 heterocycles. The Morgan fingerprint density at radius 2 is 1.77 bits per heavy atom. The number of rotatable bonds is 9. The van der Waals surface area contributed by atoms with Gasteiger partial charge in [-0.05, 0) is 53.5 Å². The molecule has 0 amide bonds. The molecule has 1 aromatic heterocycles. The van der Waals surface area contributed by atoms with Gasteiger partial charge in [-0.3, -0.25) is 9.88 Å². The van der Waals surface area contributed by atoms with Gasteiger partial charge in [-0.1, -0.05) is 71.4 Å². The monoisotopic (exact) mass is 352 g/mol. The highest BCUT2D eigenvalue weighted by Gasteiger charge is 2.14. The molecule has 0 saturated heterocycles. The molecule has 2 rings (SSSR count). The number of hydrogen-bond acceptors (Lipinski definition) is 2. The summed E-state index contributed by atoms with van der Waals surface area (Å²) in [6, 6.07) is 13.4. The first kappa shape index (κ1) is 20.6. The van der Waals surface area contributed by atoms with Crippen LogP contribution in [0.3, 0.4) is 0 Å². The Morgan fingerprint density at radius 3 is 2.35 bits per heavy atom. The Hall–Kier alpha value is -1.67. The summed E-state index contributed by atoms with van der Waals surface area (Å²) in [4.78, 5) is 6.86. The van der Waals surface area contributed by atoms with Crippen molar-refractivity contribution in [3.63, 3.8) is 0 Å². The molecule has 2 nitrogen and oxygen atoms in total. The average Bonchev–Trinajstić information content (AvgIpc) is 2.60. The summed E-state index contributed by atoms with van der Waals surface area (Å²) in [5, 5.41) is 0. The van der Waals surface area contributed by atoms with Crippen molar-refractivity contribution < 1.29 is 0 Å². The van der Waals surface area contributed by atoms with Crippen LogP contribution in [0.15, 0.2) is 48.8 Å². The fourth-order valence-corrected chi connectivity index (χ4v) is 3.41. The standard InChI is InChI=1S/C24H36N2/c1-6-7-15-26(19-22-9-8-14-25-17-22)18-20(2)16-21-10-12-23(13-11-21)24(3,4)5/h8-14,17,20H,6-7,15-16,18-19H2,1-5H3. The minimum absolute atomic E-state index is 0.227. The van der Waals surface area contributed by atoms with E-state index in [4.69, 9.17) is 0 Å². The van der Waals surface area contributed by atoms with Crippen LogP contribution in [0.1, 0.15) is 64.2 Å². The average molecular weight is 353 g/mol. The van der Waals surface area contributed by atoms with Gasteiger partial charge in [-0.2, -0.15) is 0 Å². The highest BCUT2D eigenvalue weighted by Crippen LogP contribution is 2.23. The first-order chi connectivity index (χ1) is 12.4. The molecule has 2 aromatic rings. The van der Waals surface area contributed by atoms with E-state index in [0.717, 1.165) is 19.5 Å². The van der Waals surface area contributed by atoms with E-state index in [9.17, 15) is 0 Å². The van der Waals surface area contributed by atoms with Crippen molar-refractivity contribution in [3.8, 4) is 0 Å². The van der Waals surface area contributed by atoms with Gasteiger partial charge in [0.15, 0.2) is 0 Å². The lowest BCUT2D eigenvalue weighted by Gasteiger charge is -2.26. The molecule has 26 heavy (non-hydrogen) atoms. The number of nitrogens with zero attached hydrogens (tertiary/aromatic N) is 2. The molecular formula is C24H36N2. The Morgan fingerprint density at radius 1 is 1.04 bits per heavy atom. The van der Waals surface area contributed by atoms with Crippen molar-refractivity contribution in [3.05, 3.63) is 65.5 Å². The molecule has 0 fully saturated rings. The smallest absolute Gasteiger partial charge is 0.0312 e. The first-order valence-electron chi connectivity index (χ1n) is 10.1. The number of aromatic nitrogens is 1. The third-order valence-electron chi connectivity index (χ3n) is 4.93. The summed E-state index contributed by atoms with van der Waals surface area (Å²) < 4.78 is 0. The van der Waals surface area contributed by atoms with Gasteiger partial charge in [0.1, 0.15) is 0 Å². The number of pyridine rings is 1. The van der Waals surface area contributed by atoms with E-state index in [1.165, 1.54) is 36.1 Å². The minimum atomic E-state index is 0.227. The van der Waals surface area contributed by atoms with Gasteiger partial charge in [0.2, 0.25) is 0 Å². The zero-order valence-corrected chi connectivity index (χ0v) is 17.3. The third-order valence-corrected chi connectivity index (χ3v) is 4.93. The molecule has 2 heteroatoms. The van der Waals surface area contributed by atoms with E-state index >= 15 is 0 Å². The fraction of sp³-hybridized carbons (Fsp3) is 0.542. The third kappa shape index (κ3) is 6.92.